The van der Waals surface area contributed by atoms with Crippen LogP contribution in [-0.4, -0.2) is 40.5 Å². The van der Waals surface area contributed by atoms with Crippen LogP contribution < -0.4 is 5.32 Å². The maximum Gasteiger partial charge on any atom is 0.251 e. The Labute approximate surface area is 139 Å². The SMILES string of the molecule is O=C1Nc2cc(Cl)ccc2[C@@]12C(Cl)C[C@H](CO)N2CC1CC1. The van der Waals surface area contributed by atoms with Gasteiger partial charge in [0.1, 0.15) is 5.54 Å². The quantitative estimate of drug-likeness (QED) is 0.831. The van der Waals surface area contributed by atoms with E-state index in [9.17, 15) is 9.90 Å². The molecule has 22 heavy (non-hydrogen) atoms. The van der Waals surface area contributed by atoms with Gasteiger partial charge in [0.15, 0.2) is 0 Å². The molecule has 2 N–H and O–H groups in total. The van der Waals surface area contributed by atoms with Crippen LogP contribution in [0.4, 0.5) is 5.69 Å². The third kappa shape index (κ3) is 1.94. The molecule has 3 aliphatic rings. The van der Waals surface area contributed by atoms with Gasteiger partial charge in [-0.1, -0.05) is 17.7 Å². The van der Waals surface area contributed by atoms with Crippen molar-refractivity contribution in [1.29, 1.82) is 0 Å². The van der Waals surface area contributed by atoms with Crippen molar-refractivity contribution in [3.63, 3.8) is 0 Å². The highest BCUT2D eigenvalue weighted by Gasteiger charge is 2.62. The molecule has 3 atom stereocenters. The molecule has 1 spiro atoms. The Morgan fingerprint density at radius 1 is 1.41 bits per heavy atom. The fraction of sp³-hybridized carbons (Fsp3) is 0.562. The molecule has 1 amide bonds. The molecule has 2 fully saturated rings. The number of fused-ring (bicyclic) bond motifs is 2. The largest absolute Gasteiger partial charge is 0.395 e. The van der Waals surface area contributed by atoms with Crippen molar-refractivity contribution in [1.82, 2.24) is 4.90 Å². The van der Waals surface area contributed by atoms with Crippen molar-refractivity contribution in [2.24, 2.45) is 5.92 Å². The summed E-state index contributed by atoms with van der Waals surface area (Å²) >= 11 is 12.7. The van der Waals surface area contributed by atoms with Gasteiger partial charge in [0.25, 0.3) is 5.91 Å². The molecule has 2 heterocycles. The van der Waals surface area contributed by atoms with Crippen LogP contribution in [0.3, 0.4) is 0 Å². The zero-order valence-electron chi connectivity index (χ0n) is 12.1. The van der Waals surface area contributed by atoms with Gasteiger partial charge in [0, 0.05) is 28.9 Å². The number of hydrogen-bond acceptors (Lipinski definition) is 3. The lowest BCUT2D eigenvalue weighted by atomic mass is 9.88. The van der Waals surface area contributed by atoms with Crippen molar-refractivity contribution >= 4 is 34.8 Å². The predicted octanol–water partition coefficient (Wildman–Crippen LogP) is 2.57. The number of nitrogens with one attached hydrogen (secondary N) is 1. The van der Waals surface area contributed by atoms with E-state index in [1.807, 2.05) is 6.07 Å². The Kier molecular flexibility index (Phi) is 3.42. The lowest BCUT2D eigenvalue weighted by Crippen LogP contribution is -2.54. The first-order valence-corrected chi connectivity index (χ1v) is 8.52. The van der Waals surface area contributed by atoms with Gasteiger partial charge < -0.3 is 10.4 Å². The Hall–Kier alpha value is -0.810. The van der Waals surface area contributed by atoms with Gasteiger partial charge in [0.05, 0.1) is 12.0 Å². The summed E-state index contributed by atoms with van der Waals surface area (Å²) in [6, 6.07) is 5.39. The molecule has 1 aliphatic carbocycles. The van der Waals surface area contributed by atoms with E-state index >= 15 is 0 Å². The number of aliphatic hydroxyl groups excluding tert-OH is 1. The van der Waals surface area contributed by atoms with Gasteiger partial charge in [-0.3, -0.25) is 9.69 Å². The van der Waals surface area contributed by atoms with Gasteiger partial charge in [-0.05, 0) is 37.3 Å². The molecule has 4 nitrogen and oxygen atoms in total. The third-order valence-corrected chi connectivity index (χ3v) is 5.90. The topological polar surface area (TPSA) is 52.6 Å². The van der Waals surface area contributed by atoms with Crippen LogP contribution >= 0.6 is 23.2 Å². The predicted molar refractivity (Wildman–Crippen MR) is 86.3 cm³/mol. The molecule has 1 aromatic carbocycles. The molecule has 1 saturated carbocycles. The number of amides is 1. The Bertz CT molecular complexity index is 635. The summed E-state index contributed by atoms with van der Waals surface area (Å²) < 4.78 is 0. The smallest absolute Gasteiger partial charge is 0.251 e. The lowest BCUT2D eigenvalue weighted by molar-refractivity contribution is -0.127. The number of nitrogens with zero attached hydrogens (tertiary/aromatic N) is 1. The summed E-state index contributed by atoms with van der Waals surface area (Å²) in [6.45, 7) is 0.831. The number of carbonyl (C=O) groups excluding carboxylic acids is 1. The second kappa shape index (κ2) is 5.10. The number of anilines is 1. The molecule has 1 saturated heterocycles. The second-order valence-corrected chi connectivity index (χ2v) is 7.51. The highest BCUT2D eigenvalue weighted by atomic mass is 35.5. The third-order valence-electron chi connectivity index (χ3n) is 5.18. The molecule has 6 heteroatoms. The van der Waals surface area contributed by atoms with Gasteiger partial charge in [0.2, 0.25) is 0 Å². The second-order valence-electron chi connectivity index (χ2n) is 6.55. The molecule has 118 valence electrons. The van der Waals surface area contributed by atoms with Gasteiger partial charge in [-0.15, -0.1) is 11.6 Å². The van der Waals surface area contributed by atoms with E-state index in [-0.39, 0.29) is 23.9 Å². The summed E-state index contributed by atoms with van der Waals surface area (Å²) in [5.41, 5.74) is 0.748. The first-order valence-electron chi connectivity index (χ1n) is 7.70. The number of carbonyl (C=O) groups is 1. The normalized spacial score (nSPS) is 34.2. The minimum absolute atomic E-state index is 0.0217. The van der Waals surface area contributed by atoms with Crippen LogP contribution in [0.15, 0.2) is 18.2 Å². The van der Waals surface area contributed by atoms with Crippen molar-refractivity contribution in [2.45, 2.75) is 36.2 Å². The molecule has 1 aromatic rings. The van der Waals surface area contributed by atoms with E-state index in [2.05, 4.69) is 10.2 Å². The van der Waals surface area contributed by atoms with Crippen molar-refractivity contribution in [2.75, 3.05) is 18.5 Å². The summed E-state index contributed by atoms with van der Waals surface area (Å²) in [6.07, 6.45) is 2.99. The fourth-order valence-electron chi connectivity index (χ4n) is 3.94. The van der Waals surface area contributed by atoms with E-state index in [1.54, 1.807) is 12.1 Å². The Morgan fingerprint density at radius 3 is 2.86 bits per heavy atom. The highest BCUT2D eigenvalue weighted by Crippen LogP contribution is 2.53. The minimum Gasteiger partial charge on any atom is -0.395 e. The Balaban J connectivity index is 1.84. The van der Waals surface area contributed by atoms with E-state index in [0.717, 1.165) is 17.8 Å². The molecule has 2 aliphatic heterocycles. The van der Waals surface area contributed by atoms with Crippen molar-refractivity contribution < 1.29 is 9.90 Å². The summed E-state index contributed by atoms with van der Waals surface area (Å²) in [7, 11) is 0. The molecule has 0 aromatic heterocycles. The zero-order chi connectivity index (χ0) is 15.5. The first kappa shape index (κ1) is 14.8. The van der Waals surface area contributed by atoms with Gasteiger partial charge in [-0.25, -0.2) is 0 Å². The van der Waals surface area contributed by atoms with E-state index < -0.39 is 5.54 Å². The molecular formula is C16H18Cl2N2O2. The van der Waals surface area contributed by atoms with Crippen LogP contribution in [0.2, 0.25) is 5.02 Å². The van der Waals surface area contributed by atoms with E-state index in [1.165, 1.54) is 12.8 Å². The number of alkyl halides is 1. The lowest BCUT2D eigenvalue weighted by Gasteiger charge is -2.37. The zero-order valence-corrected chi connectivity index (χ0v) is 13.6. The molecule has 0 radical (unpaired) electrons. The van der Waals surface area contributed by atoms with Crippen LogP contribution in [0, 0.1) is 5.92 Å². The summed E-state index contributed by atoms with van der Waals surface area (Å²) in [5.74, 6) is 0.512. The monoisotopic (exact) mass is 340 g/mol. The summed E-state index contributed by atoms with van der Waals surface area (Å²) in [5, 5.41) is 12.9. The average molecular weight is 341 g/mol. The highest BCUT2D eigenvalue weighted by molar-refractivity contribution is 6.31. The number of hydrogen-bond donors (Lipinski definition) is 2. The van der Waals surface area contributed by atoms with Crippen molar-refractivity contribution in [3.05, 3.63) is 28.8 Å². The molecule has 1 unspecified atom stereocenters. The maximum absolute atomic E-state index is 12.9. The Morgan fingerprint density at radius 2 is 2.18 bits per heavy atom. The molecule has 4 rings (SSSR count). The van der Waals surface area contributed by atoms with Crippen LogP contribution in [0.5, 0.6) is 0 Å². The van der Waals surface area contributed by atoms with Crippen LogP contribution in [-0.2, 0) is 10.3 Å². The number of benzene rings is 1. The van der Waals surface area contributed by atoms with Crippen molar-refractivity contribution in [3.8, 4) is 0 Å². The first-order chi connectivity index (χ1) is 10.6. The number of rotatable bonds is 3. The van der Waals surface area contributed by atoms with E-state index in [0.29, 0.717) is 17.4 Å². The van der Waals surface area contributed by atoms with E-state index in [4.69, 9.17) is 23.2 Å². The number of aliphatic hydroxyl groups is 1. The number of likely N-dealkylation sites (tertiary alicyclic amines) is 1. The minimum atomic E-state index is -0.878. The van der Waals surface area contributed by atoms with Crippen LogP contribution in [0.1, 0.15) is 24.8 Å². The summed E-state index contributed by atoms with van der Waals surface area (Å²) in [4.78, 5) is 15.0. The maximum atomic E-state index is 12.9. The standard InChI is InChI=1S/C16H18Cl2N2O2/c17-10-3-4-12-13(5-10)19-15(22)16(12)14(18)6-11(8-21)20(16)7-9-1-2-9/h3-5,9,11,14,21H,1-2,6-8H2,(H,19,22)/t11-,14?,16-/m1/s1. The molecular weight excluding hydrogens is 323 g/mol. The van der Waals surface area contributed by atoms with Gasteiger partial charge in [-0.2, -0.15) is 0 Å². The number of halogens is 2. The van der Waals surface area contributed by atoms with Gasteiger partial charge >= 0.3 is 0 Å². The molecule has 0 bridgehead atoms. The average Bonchev–Trinajstić information content (AvgIpc) is 3.19. The fourth-order valence-corrected chi connectivity index (χ4v) is 4.66. The van der Waals surface area contributed by atoms with Crippen LogP contribution in [0.25, 0.3) is 0 Å².